The predicted molar refractivity (Wildman–Crippen MR) is 133 cm³/mol. The average molecular weight is 510 g/mol. The molecule has 37 heavy (non-hydrogen) atoms. The van der Waals surface area contributed by atoms with Gasteiger partial charge in [0.1, 0.15) is 29.4 Å². The van der Waals surface area contributed by atoms with Gasteiger partial charge in [0.25, 0.3) is 0 Å². The fraction of sp³-hybridized carbons (Fsp3) is 0.346. The molecular weight excluding hydrogens is 483 g/mol. The van der Waals surface area contributed by atoms with Crippen molar-refractivity contribution in [1.82, 2.24) is 19.6 Å². The number of alkyl halides is 1. The second-order valence-corrected chi connectivity index (χ2v) is 9.52. The van der Waals surface area contributed by atoms with Crippen molar-refractivity contribution < 1.29 is 18.3 Å². The van der Waals surface area contributed by atoms with Crippen molar-refractivity contribution in [2.24, 2.45) is 0 Å². The maximum atomic E-state index is 14.5. The van der Waals surface area contributed by atoms with Gasteiger partial charge in [-0.3, -0.25) is 4.98 Å². The summed E-state index contributed by atoms with van der Waals surface area (Å²) < 4.78 is 44.5. The number of halogens is 3. The van der Waals surface area contributed by atoms with E-state index in [0.717, 1.165) is 42.5 Å². The fourth-order valence-corrected chi connectivity index (χ4v) is 5.11. The van der Waals surface area contributed by atoms with Crippen molar-refractivity contribution in [1.29, 1.82) is 0 Å². The summed E-state index contributed by atoms with van der Waals surface area (Å²) in [6.45, 7) is 1.88. The van der Waals surface area contributed by atoms with Gasteiger partial charge in [0.2, 0.25) is 0 Å². The highest BCUT2D eigenvalue weighted by Gasteiger charge is 2.36. The number of nitrogens with zero attached hydrogens (tertiary/aromatic N) is 6. The number of hydrogen-bond acceptors (Lipinski definition) is 7. The lowest BCUT2D eigenvalue weighted by atomic mass is 10.0. The molecule has 0 saturated carbocycles. The molecule has 8 nitrogen and oxygen atoms in total. The van der Waals surface area contributed by atoms with Gasteiger partial charge < -0.3 is 20.2 Å². The minimum absolute atomic E-state index is 0.0287. The van der Waals surface area contributed by atoms with E-state index < -0.39 is 23.8 Å². The lowest BCUT2D eigenvalue weighted by molar-refractivity contribution is 0.198. The average Bonchev–Trinajstić information content (AvgIpc) is 3.62. The molecule has 0 aliphatic carbocycles. The van der Waals surface area contributed by atoms with Crippen LogP contribution in [-0.4, -0.2) is 56.6 Å². The topological polar surface area (TPSA) is 81.8 Å². The van der Waals surface area contributed by atoms with E-state index in [2.05, 4.69) is 25.3 Å². The molecule has 1 aromatic carbocycles. The molecule has 3 atom stereocenters. The summed E-state index contributed by atoms with van der Waals surface area (Å²) >= 11 is 0. The zero-order valence-electron chi connectivity index (χ0n) is 19.9. The van der Waals surface area contributed by atoms with Gasteiger partial charge in [-0.25, -0.2) is 18.2 Å². The summed E-state index contributed by atoms with van der Waals surface area (Å²) in [6, 6.07) is 9.96. The Morgan fingerprint density at radius 1 is 1.03 bits per heavy atom. The Labute approximate surface area is 211 Å². The summed E-state index contributed by atoms with van der Waals surface area (Å²) in [7, 11) is 0. The molecule has 2 N–H and O–H groups in total. The van der Waals surface area contributed by atoms with Gasteiger partial charge in [-0.15, -0.1) is 5.10 Å². The molecule has 2 fully saturated rings. The largest absolute Gasteiger partial charge is 0.391 e. The maximum Gasteiger partial charge on any atom is 0.156 e. The van der Waals surface area contributed by atoms with Gasteiger partial charge >= 0.3 is 0 Å². The number of β-amino-alcohol motifs (C(OH)–C–C–N with tert-alkyl or cyclic N) is 1. The number of anilines is 3. The van der Waals surface area contributed by atoms with Crippen LogP contribution in [0.5, 0.6) is 0 Å². The monoisotopic (exact) mass is 509 g/mol. The molecule has 0 spiro atoms. The molecule has 3 aromatic heterocycles. The second-order valence-electron chi connectivity index (χ2n) is 9.52. The Morgan fingerprint density at radius 3 is 2.70 bits per heavy atom. The number of aliphatic hydroxyl groups excluding tert-OH is 1. The van der Waals surface area contributed by atoms with Crippen LogP contribution in [0.2, 0.25) is 0 Å². The van der Waals surface area contributed by atoms with Crippen molar-refractivity contribution in [3.8, 4) is 0 Å². The van der Waals surface area contributed by atoms with Crippen LogP contribution in [0.1, 0.15) is 30.1 Å². The Bertz CT molecular complexity index is 1410. The first-order valence-electron chi connectivity index (χ1n) is 12.3. The first kappa shape index (κ1) is 23.5. The van der Waals surface area contributed by atoms with Crippen LogP contribution in [0.25, 0.3) is 5.65 Å². The number of pyridine rings is 1. The van der Waals surface area contributed by atoms with E-state index in [1.54, 1.807) is 33.9 Å². The summed E-state index contributed by atoms with van der Waals surface area (Å²) in [6.07, 6.45) is 2.77. The van der Waals surface area contributed by atoms with E-state index in [4.69, 9.17) is 0 Å². The van der Waals surface area contributed by atoms with E-state index in [0.29, 0.717) is 30.4 Å². The molecule has 2 saturated heterocycles. The van der Waals surface area contributed by atoms with Crippen LogP contribution < -0.4 is 15.1 Å². The van der Waals surface area contributed by atoms with Crippen molar-refractivity contribution >= 4 is 23.0 Å². The minimum Gasteiger partial charge on any atom is -0.391 e. The summed E-state index contributed by atoms with van der Waals surface area (Å²) in [5, 5.41) is 17.7. The lowest BCUT2D eigenvalue weighted by Gasteiger charge is -2.26. The number of hydrogen-bond donors (Lipinski definition) is 2. The Kier molecular flexibility index (Phi) is 6.07. The smallest absolute Gasteiger partial charge is 0.156 e. The number of aliphatic hydroxyl groups is 1. The Morgan fingerprint density at radius 2 is 1.92 bits per heavy atom. The number of fused-ring (bicyclic) bond motifs is 1. The Balaban J connectivity index is 1.21. The molecule has 5 heterocycles. The molecule has 0 amide bonds. The van der Waals surface area contributed by atoms with Crippen LogP contribution >= 0.6 is 0 Å². The Hall–Kier alpha value is -3.86. The van der Waals surface area contributed by atoms with Crippen LogP contribution in [0.3, 0.4) is 0 Å². The van der Waals surface area contributed by atoms with Gasteiger partial charge in [-0.2, -0.15) is 4.52 Å². The third kappa shape index (κ3) is 4.66. The molecular formula is C26H26F3N7O. The molecule has 0 unspecified atom stereocenters. The van der Waals surface area contributed by atoms with Gasteiger partial charge in [0.05, 0.1) is 49.0 Å². The predicted octanol–water partition coefficient (Wildman–Crippen LogP) is 3.88. The number of nitrogens with one attached hydrogen (secondary N) is 1. The third-order valence-electron chi connectivity index (χ3n) is 7.00. The van der Waals surface area contributed by atoms with E-state index >= 15 is 0 Å². The van der Waals surface area contributed by atoms with Crippen LogP contribution in [0.15, 0.2) is 54.9 Å². The van der Waals surface area contributed by atoms with E-state index in [-0.39, 0.29) is 24.6 Å². The van der Waals surface area contributed by atoms with Gasteiger partial charge in [-0.05, 0) is 48.9 Å². The first-order chi connectivity index (χ1) is 17.9. The zero-order valence-corrected chi connectivity index (χ0v) is 19.9. The van der Waals surface area contributed by atoms with Crippen molar-refractivity contribution in [2.75, 3.05) is 34.8 Å². The molecule has 6 rings (SSSR count). The van der Waals surface area contributed by atoms with Crippen LogP contribution in [0.4, 0.5) is 30.5 Å². The normalized spacial score (nSPS) is 21.8. The highest BCUT2D eigenvalue weighted by molar-refractivity contribution is 5.54. The summed E-state index contributed by atoms with van der Waals surface area (Å²) in [4.78, 5) is 12.7. The number of rotatable bonds is 6. The van der Waals surface area contributed by atoms with Gasteiger partial charge in [-0.1, -0.05) is 0 Å². The zero-order chi connectivity index (χ0) is 25.5. The molecule has 4 aromatic rings. The fourth-order valence-electron chi connectivity index (χ4n) is 5.11. The minimum atomic E-state index is -1.19. The first-order valence-corrected chi connectivity index (χ1v) is 12.3. The number of aromatic nitrogens is 4. The third-order valence-corrected chi connectivity index (χ3v) is 7.00. The molecule has 192 valence electrons. The quantitative estimate of drug-likeness (QED) is 0.408. The lowest BCUT2D eigenvalue weighted by Crippen LogP contribution is -2.26. The van der Waals surface area contributed by atoms with Crippen molar-refractivity contribution in [3.63, 3.8) is 0 Å². The summed E-state index contributed by atoms with van der Waals surface area (Å²) in [5.74, 6) is -0.0775. The molecule has 11 heteroatoms. The van der Waals surface area contributed by atoms with Gasteiger partial charge in [0.15, 0.2) is 5.65 Å². The number of imidazole rings is 1. The van der Waals surface area contributed by atoms with Crippen molar-refractivity contribution in [3.05, 3.63) is 77.8 Å². The molecule has 0 radical (unpaired) electrons. The standard InChI is InChI=1S/C26H26F3N7O/c27-16-1-4-22(29)21(9-16)23-10-17(28)14-35(23)25-6-5-24-32-13-26(36(24)33-25)31-11-18-2-3-19(12-30-18)34-8-7-20(37)15-34/h1-6,9,12-13,17,20,23,31,37H,7-8,10-11,14-15H2/t17-,20-,23+/m0/s1. The highest BCUT2D eigenvalue weighted by atomic mass is 19.1. The number of benzene rings is 1. The molecule has 2 aliphatic rings. The van der Waals surface area contributed by atoms with E-state index in [1.165, 1.54) is 0 Å². The second kappa shape index (κ2) is 9.55. The summed E-state index contributed by atoms with van der Waals surface area (Å²) in [5.41, 5.74) is 2.49. The van der Waals surface area contributed by atoms with Gasteiger partial charge in [0, 0.05) is 25.1 Å². The maximum absolute atomic E-state index is 14.5. The van der Waals surface area contributed by atoms with Crippen LogP contribution in [-0.2, 0) is 6.54 Å². The molecule has 0 bridgehead atoms. The van der Waals surface area contributed by atoms with E-state index in [1.807, 2.05) is 12.1 Å². The molecule has 2 aliphatic heterocycles. The van der Waals surface area contributed by atoms with Crippen molar-refractivity contribution in [2.45, 2.75) is 37.7 Å². The van der Waals surface area contributed by atoms with Crippen LogP contribution in [0, 0.1) is 11.6 Å². The SMILES string of the molecule is O[C@H]1CCN(c2ccc(CNc3cnc4ccc(N5C[C@@H](F)C[C@@H]5c5cc(F)ccc5F)nn34)nc2)C1. The van der Waals surface area contributed by atoms with E-state index in [9.17, 15) is 18.3 Å². The highest BCUT2D eigenvalue weighted by Crippen LogP contribution is 2.38.